The molecular weight excluding hydrogens is 384 g/mol. The Labute approximate surface area is 165 Å². The number of ether oxygens (including phenoxy) is 1. The normalized spacial score (nSPS) is 19.5. The monoisotopic (exact) mass is 412 g/mol. The molecule has 0 aromatic carbocycles. The SMILES string of the molecule is CN(C)c1nc(N2CCOCC2)ncc1NC(=O)C1CCN(S(C)(=O)=O)CC1. The fourth-order valence-corrected chi connectivity index (χ4v) is 4.27. The lowest BCUT2D eigenvalue weighted by Crippen LogP contribution is -2.41. The lowest BCUT2D eigenvalue weighted by atomic mass is 9.97. The largest absolute Gasteiger partial charge is 0.378 e. The third-order valence-electron chi connectivity index (χ3n) is 5.03. The van der Waals surface area contributed by atoms with E-state index in [1.165, 1.54) is 10.6 Å². The van der Waals surface area contributed by atoms with Gasteiger partial charge in [-0.25, -0.2) is 17.7 Å². The summed E-state index contributed by atoms with van der Waals surface area (Å²) in [4.78, 5) is 25.6. The maximum atomic E-state index is 12.7. The molecule has 1 aromatic heterocycles. The zero-order valence-corrected chi connectivity index (χ0v) is 17.4. The van der Waals surface area contributed by atoms with Crippen LogP contribution in [0.4, 0.5) is 17.5 Å². The first kappa shape index (κ1) is 20.7. The Hall–Kier alpha value is -1.98. The van der Waals surface area contributed by atoms with Gasteiger partial charge in [0.25, 0.3) is 0 Å². The van der Waals surface area contributed by atoms with Crippen LogP contribution in [0.25, 0.3) is 0 Å². The Balaban J connectivity index is 1.68. The van der Waals surface area contributed by atoms with Crippen molar-refractivity contribution in [1.82, 2.24) is 14.3 Å². The van der Waals surface area contributed by atoms with E-state index in [1.54, 1.807) is 6.20 Å². The van der Waals surface area contributed by atoms with Crippen LogP contribution in [0.3, 0.4) is 0 Å². The summed E-state index contributed by atoms with van der Waals surface area (Å²) in [7, 11) is 0.527. The molecule has 3 heterocycles. The minimum Gasteiger partial charge on any atom is -0.378 e. The Kier molecular flexibility index (Phi) is 6.36. The van der Waals surface area contributed by atoms with E-state index in [0.29, 0.717) is 56.6 Å². The summed E-state index contributed by atoms with van der Waals surface area (Å²) in [5.74, 6) is 0.899. The lowest BCUT2D eigenvalue weighted by Gasteiger charge is -2.30. The number of sulfonamides is 1. The van der Waals surface area contributed by atoms with Gasteiger partial charge in [0.15, 0.2) is 5.82 Å². The molecule has 3 rings (SSSR count). The van der Waals surface area contributed by atoms with E-state index in [-0.39, 0.29) is 11.8 Å². The van der Waals surface area contributed by atoms with Gasteiger partial charge in [0.05, 0.1) is 25.7 Å². The van der Waals surface area contributed by atoms with Gasteiger partial charge in [0.2, 0.25) is 21.9 Å². The number of nitrogens with one attached hydrogen (secondary N) is 1. The Morgan fingerprint density at radius 2 is 1.86 bits per heavy atom. The van der Waals surface area contributed by atoms with Crippen molar-refractivity contribution in [2.45, 2.75) is 12.8 Å². The van der Waals surface area contributed by atoms with Crippen molar-refractivity contribution in [2.24, 2.45) is 5.92 Å². The number of amides is 1. The molecule has 10 nitrogen and oxygen atoms in total. The van der Waals surface area contributed by atoms with Gasteiger partial charge in [0.1, 0.15) is 5.69 Å². The number of anilines is 3. The van der Waals surface area contributed by atoms with Crippen molar-refractivity contribution in [3.63, 3.8) is 0 Å². The Morgan fingerprint density at radius 1 is 1.21 bits per heavy atom. The fraction of sp³-hybridized carbons (Fsp3) is 0.706. The maximum Gasteiger partial charge on any atom is 0.227 e. The van der Waals surface area contributed by atoms with E-state index in [4.69, 9.17) is 4.74 Å². The van der Waals surface area contributed by atoms with Crippen LogP contribution in [0.15, 0.2) is 6.20 Å². The van der Waals surface area contributed by atoms with E-state index in [2.05, 4.69) is 20.2 Å². The zero-order valence-electron chi connectivity index (χ0n) is 16.6. The average Bonchev–Trinajstić information content (AvgIpc) is 2.68. The van der Waals surface area contributed by atoms with Crippen LogP contribution in [-0.2, 0) is 19.6 Å². The molecule has 2 aliphatic heterocycles. The first-order chi connectivity index (χ1) is 13.3. The number of carbonyl (C=O) groups excluding carboxylic acids is 1. The molecule has 0 aliphatic carbocycles. The third kappa shape index (κ3) is 4.89. The lowest BCUT2D eigenvalue weighted by molar-refractivity contribution is -0.120. The highest BCUT2D eigenvalue weighted by atomic mass is 32.2. The van der Waals surface area contributed by atoms with Crippen molar-refractivity contribution < 1.29 is 17.9 Å². The van der Waals surface area contributed by atoms with Crippen molar-refractivity contribution in [1.29, 1.82) is 0 Å². The summed E-state index contributed by atoms with van der Waals surface area (Å²) >= 11 is 0. The second-order valence-electron chi connectivity index (χ2n) is 7.33. The zero-order chi connectivity index (χ0) is 20.3. The smallest absolute Gasteiger partial charge is 0.227 e. The Bertz CT molecular complexity index is 802. The molecule has 2 aliphatic rings. The van der Waals surface area contributed by atoms with E-state index >= 15 is 0 Å². The van der Waals surface area contributed by atoms with Crippen LogP contribution in [0.2, 0.25) is 0 Å². The summed E-state index contributed by atoms with van der Waals surface area (Å²) in [6, 6.07) is 0. The average molecular weight is 413 g/mol. The molecule has 0 radical (unpaired) electrons. The van der Waals surface area contributed by atoms with Gasteiger partial charge in [-0.3, -0.25) is 4.79 Å². The number of hydrogen-bond acceptors (Lipinski definition) is 8. The summed E-state index contributed by atoms with van der Waals surface area (Å²) in [6.07, 6.45) is 3.84. The van der Waals surface area contributed by atoms with Crippen LogP contribution in [0, 0.1) is 5.92 Å². The predicted octanol–water partition coefficient (Wildman–Crippen LogP) is -0.0107. The molecule has 1 amide bonds. The standard InChI is InChI=1S/C17H28N6O4S/c1-21(2)15-14(12-18-17(20-15)22-8-10-27-11-9-22)19-16(24)13-4-6-23(7-5-13)28(3,25)26/h12-13H,4-11H2,1-3H3,(H,19,24). The van der Waals surface area contributed by atoms with E-state index in [9.17, 15) is 13.2 Å². The van der Waals surface area contributed by atoms with Gasteiger partial charge in [-0.2, -0.15) is 4.98 Å². The van der Waals surface area contributed by atoms with E-state index in [1.807, 2.05) is 19.0 Å². The van der Waals surface area contributed by atoms with Crippen molar-refractivity contribution in [3.05, 3.63) is 6.20 Å². The highest BCUT2D eigenvalue weighted by molar-refractivity contribution is 7.88. The molecule has 1 N–H and O–H groups in total. The van der Waals surface area contributed by atoms with Gasteiger partial charge in [-0.15, -0.1) is 0 Å². The number of aromatic nitrogens is 2. The van der Waals surface area contributed by atoms with Gasteiger partial charge >= 0.3 is 0 Å². The summed E-state index contributed by atoms with van der Waals surface area (Å²) in [5.41, 5.74) is 0.553. The maximum absolute atomic E-state index is 12.7. The number of nitrogens with zero attached hydrogens (tertiary/aromatic N) is 5. The highest BCUT2D eigenvalue weighted by Gasteiger charge is 2.29. The van der Waals surface area contributed by atoms with Crippen LogP contribution < -0.4 is 15.1 Å². The molecule has 0 atom stereocenters. The second-order valence-corrected chi connectivity index (χ2v) is 9.31. The number of carbonyl (C=O) groups is 1. The number of hydrogen-bond donors (Lipinski definition) is 1. The van der Waals surface area contributed by atoms with E-state index < -0.39 is 10.0 Å². The Morgan fingerprint density at radius 3 is 2.43 bits per heavy atom. The molecule has 0 unspecified atom stereocenters. The van der Waals surface area contributed by atoms with Gasteiger partial charge < -0.3 is 19.9 Å². The number of rotatable bonds is 5. The summed E-state index contributed by atoms with van der Waals surface area (Å²) < 4.78 is 30.0. The fourth-order valence-electron chi connectivity index (χ4n) is 3.39. The predicted molar refractivity (Wildman–Crippen MR) is 107 cm³/mol. The summed E-state index contributed by atoms with van der Waals surface area (Å²) in [5, 5.41) is 2.93. The van der Waals surface area contributed by atoms with Crippen LogP contribution >= 0.6 is 0 Å². The van der Waals surface area contributed by atoms with Gasteiger partial charge in [-0.1, -0.05) is 0 Å². The topological polar surface area (TPSA) is 108 Å². The van der Waals surface area contributed by atoms with E-state index in [0.717, 1.165) is 13.1 Å². The molecular formula is C17H28N6O4S. The minimum atomic E-state index is -3.21. The second kappa shape index (κ2) is 8.58. The van der Waals surface area contributed by atoms with Crippen molar-refractivity contribution >= 4 is 33.4 Å². The minimum absolute atomic E-state index is 0.126. The number of piperidine rings is 1. The first-order valence-corrected chi connectivity index (χ1v) is 11.2. The molecule has 156 valence electrons. The molecule has 2 fully saturated rings. The van der Waals surface area contributed by atoms with Crippen LogP contribution in [0.1, 0.15) is 12.8 Å². The highest BCUT2D eigenvalue weighted by Crippen LogP contribution is 2.26. The molecule has 0 spiro atoms. The van der Waals surface area contributed by atoms with Crippen LogP contribution in [-0.4, -0.2) is 88.3 Å². The molecule has 0 saturated carbocycles. The summed E-state index contributed by atoms with van der Waals surface area (Å²) in [6.45, 7) is 3.49. The molecule has 0 bridgehead atoms. The quantitative estimate of drug-likeness (QED) is 0.719. The van der Waals surface area contributed by atoms with Crippen LogP contribution in [0.5, 0.6) is 0 Å². The number of morpholine rings is 1. The molecule has 1 aromatic rings. The van der Waals surface area contributed by atoms with Crippen molar-refractivity contribution in [3.8, 4) is 0 Å². The third-order valence-corrected chi connectivity index (χ3v) is 6.33. The van der Waals surface area contributed by atoms with Crippen molar-refractivity contribution in [2.75, 3.05) is 74.9 Å². The molecule has 28 heavy (non-hydrogen) atoms. The molecule has 2 saturated heterocycles. The first-order valence-electron chi connectivity index (χ1n) is 9.39. The van der Waals surface area contributed by atoms with Gasteiger partial charge in [0, 0.05) is 46.2 Å². The molecule has 11 heteroatoms. The van der Waals surface area contributed by atoms with Gasteiger partial charge in [-0.05, 0) is 12.8 Å².